The molecule has 1 unspecified atom stereocenters. The standard InChI is InChI=1S/C25H31N3OS/c1-4-27(16-18(2)3)20-12-13-21-22(15-20)30-24-23(21)25(29)28(17-26-24)14-8-11-19-9-6-5-7-10-19/h5-7,9-10,17,20H,2,4,8,11-16H2,1,3H3. The highest BCUT2D eigenvalue weighted by atomic mass is 32.1. The Hall–Kier alpha value is -2.24. The Morgan fingerprint density at radius 1 is 1.33 bits per heavy atom. The molecule has 1 aromatic carbocycles. The molecule has 1 aliphatic carbocycles. The molecule has 30 heavy (non-hydrogen) atoms. The van der Waals surface area contributed by atoms with E-state index in [1.807, 2.05) is 10.6 Å². The molecular formula is C25H31N3OS. The Kier molecular flexibility index (Phi) is 6.49. The van der Waals surface area contributed by atoms with Crippen LogP contribution < -0.4 is 5.56 Å². The second-order valence-corrected chi connectivity index (χ2v) is 9.52. The van der Waals surface area contributed by atoms with Crippen LogP contribution in [0.4, 0.5) is 0 Å². The zero-order valence-corrected chi connectivity index (χ0v) is 18.9. The average molecular weight is 422 g/mol. The number of rotatable bonds is 8. The molecule has 0 spiro atoms. The lowest BCUT2D eigenvalue weighted by molar-refractivity contribution is 0.206. The number of benzene rings is 1. The summed E-state index contributed by atoms with van der Waals surface area (Å²) in [5.41, 5.74) is 3.92. The highest BCUT2D eigenvalue weighted by Gasteiger charge is 2.28. The second kappa shape index (κ2) is 9.27. The second-order valence-electron chi connectivity index (χ2n) is 8.43. The third kappa shape index (κ3) is 4.42. The van der Waals surface area contributed by atoms with E-state index in [1.165, 1.54) is 21.6 Å². The van der Waals surface area contributed by atoms with Crippen LogP contribution in [0.3, 0.4) is 0 Å². The Morgan fingerprint density at radius 2 is 2.13 bits per heavy atom. The number of fused-ring (bicyclic) bond motifs is 3. The van der Waals surface area contributed by atoms with Gasteiger partial charge in [-0.05, 0) is 56.7 Å². The van der Waals surface area contributed by atoms with Gasteiger partial charge in [-0.3, -0.25) is 14.3 Å². The Bertz CT molecular complexity index is 1080. The van der Waals surface area contributed by atoms with E-state index in [2.05, 4.69) is 54.6 Å². The lowest BCUT2D eigenvalue weighted by atomic mass is 9.92. The normalized spacial score (nSPS) is 16.2. The molecular weight excluding hydrogens is 390 g/mol. The predicted octanol–water partition coefficient (Wildman–Crippen LogP) is 4.85. The molecule has 1 aliphatic rings. The van der Waals surface area contributed by atoms with Gasteiger partial charge in [0.25, 0.3) is 5.56 Å². The van der Waals surface area contributed by atoms with Crippen LogP contribution in [0.15, 0.2) is 53.6 Å². The van der Waals surface area contributed by atoms with E-state index in [4.69, 9.17) is 0 Å². The minimum absolute atomic E-state index is 0.137. The van der Waals surface area contributed by atoms with Crippen molar-refractivity contribution in [3.8, 4) is 0 Å². The third-order valence-electron chi connectivity index (χ3n) is 6.11. The molecule has 0 N–H and O–H groups in total. The molecule has 4 rings (SSSR count). The molecule has 0 radical (unpaired) electrons. The summed E-state index contributed by atoms with van der Waals surface area (Å²) in [4.78, 5) is 22.7. The predicted molar refractivity (Wildman–Crippen MR) is 127 cm³/mol. The van der Waals surface area contributed by atoms with E-state index >= 15 is 0 Å². The van der Waals surface area contributed by atoms with Gasteiger partial charge in [-0.15, -0.1) is 11.3 Å². The first-order valence-electron chi connectivity index (χ1n) is 11.0. The van der Waals surface area contributed by atoms with E-state index in [-0.39, 0.29) is 5.56 Å². The molecule has 3 aromatic rings. The van der Waals surface area contributed by atoms with Gasteiger partial charge in [-0.25, -0.2) is 4.98 Å². The minimum Gasteiger partial charge on any atom is -0.299 e. The number of thiophene rings is 1. The van der Waals surface area contributed by atoms with Gasteiger partial charge >= 0.3 is 0 Å². The zero-order chi connectivity index (χ0) is 21.1. The average Bonchev–Trinajstić information content (AvgIpc) is 3.12. The highest BCUT2D eigenvalue weighted by molar-refractivity contribution is 7.18. The zero-order valence-electron chi connectivity index (χ0n) is 18.1. The molecule has 158 valence electrons. The third-order valence-corrected chi connectivity index (χ3v) is 7.28. The largest absolute Gasteiger partial charge is 0.299 e. The smallest absolute Gasteiger partial charge is 0.262 e. The van der Waals surface area contributed by atoms with Crippen LogP contribution >= 0.6 is 11.3 Å². The summed E-state index contributed by atoms with van der Waals surface area (Å²) in [5.74, 6) is 0. The number of likely N-dealkylation sites (N-methyl/N-ethyl adjacent to an activating group) is 1. The van der Waals surface area contributed by atoms with E-state index in [9.17, 15) is 4.79 Å². The Morgan fingerprint density at radius 3 is 2.87 bits per heavy atom. The highest BCUT2D eigenvalue weighted by Crippen LogP contribution is 2.35. The summed E-state index contributed by atoms with van der Waals surface area (Å²) < 4.78 is 1.81. The van der Waals surface area contributed by atoms with Crippen LogP contribution in [0, 0.1) is 0 Å². The first-order chi connectivity index (χ1) is 14.6. The van der Waals surface area contributed by atoms with Gasteiger partial charge in [-0.1, -0.05) is 49.4 Å². The molecule has 1 atom stereocenters. The molecule has 0 saturated carbocycles. The molecule has 4 nitrogen and oxygen atoms in total. The maximum absolute atomic E-state index is 13.2. The lowest BCUT2D eigenvalue weighted by Crippen LogP contribution is -2.39. The number of hydrogen-bond acceptors (Lipinski definition) is 4. The first kappa shape index (κ1) is 21.0. The number of aromatic nitrogens is 2. The summed E-state index contributed by atoms with van der Waals surface area (Å²) in [6.45, 7) is 11.1. The van der Waals surface area contributed by atoms with Crippen LogP contribution in [0.2, 0.25) is 0 Å². The van der Waals surface area contributed by atoms with Crippen molar-refractivity contribution in [1.82, 2.24) is 14.5 Å². The summed E-state index contributed by atoms with van der Waals surface area (Å²) >= 11 is 1.72. The van der Waals surface area contributed by atoms with Gasteiger partial charge in [0, 0.05) is 24.0 Å². The summed E-state index contributed by atoms with van der Waals surface area (Å²) in [5, 5.41) is 0.874. The molecule has 2 aromatic heterocycles. The fourth-order valence-corrected chi connectivity index (χ4v) is 5.85. The maximum atomic E-state index is 13.2. The summed E-state index contributed by atoms with van der Waals surface area (Å²) in [6, 6.07) is 11.0. The molecule has 0 bridgehead atoms. The fraction of sp³-hybridized carbons (Fsp3) is 0.440. The van der Waals surface area contributed by atoms with Crippen molar-refractivity contribution in [2.24, 2.45) is 0 Å². The van der Waals surface area contributed by atoms with E-state index in [1.54, 1.807) is 17.7 Å². The fourth-order valence-electron chi connectivity index (χ4n) is 4.60. The van der Waals surface area contributed by atoms with Crippen molar-refractivity contribution in [2.75, 3.05) is 13.1 Å². The van der Waals surface area contributed by atoms with E-state index in [0.29, 0.717) is 12.6 Å². The van der Waals surface area contributed by atoms with E-state index in [0.717, 1.165) is 55.4 Å². The Labute approximate surface area is 182 Å². The van der Waals surface area contributed by atoms with Crippen molar-refractivity contribution in [3.05, 3.63) is 75.2 Å². The van der Waals surface area contributed by atoms with Crippen molar-refractivity contribution in [2.45, 2.75) is 58.5 Å². The van der Waals surface area contributed by atoms with Crippen LogP contribution in [-0.4, -0.2) is 33.6 Å². The van der Waals surface area contributed by atoms with E-state index < -0.39 is 0 Å². The van der Waals surface area contributed by atoms with Crippen molar-refractivity contribution in [3.63, 3.8) is 0 Å². The topological polar surface area (TPSA) is 38.1 Å². The van der Waals surface area contributed by atoms with Gasteiger partial charge in [0.15, 0.2) is 0 Å². The quantitative estimate of drug-likeness (QED) is 0.488. The first-order valence-corrected chi connectivity index (χ1v) is 11.8. The SMILES string of the molecule is C=C(C)CN(CC)C1CCc2c(sc3ncn(CCCc4ccccc4)c(=O)c23)C1. The monoisotopic (exact) mass is 421 g/mol. The van der Waals surface area contributed by atoms with Crippen molar-refractivity contribution in [1.29, 1.82) is 0 Å². The summed E-state index contributed by atoms with van der Waals surface area (Å²) in [6.07, 6.45) is 6.75. The van der Waals surface area contributed by atoms with Crippen molar-refractivity contribution >= 4 is 21.6 Å². The van der Waals surface area contributed by atoms with Crippen LogP contribution in [0.1, 0.15) is 42.7 Å². The maximum Gasteiger partial charge on any atom is 0.262 e. The molecule has 5 heteroatoms. The number of aryl methyl sites for hydroxylation is 3. The van der Waals surface area contributed by atoms with Gasteiger partial charge in [0.2, 0.25) is 0 Å². The molecule has 2 heterocycles. The van der Waals surface area contributed by atoms with Gasteiger partial charge in [0.1, 0.15) is 4.83 Å². The molecule has 0 fully saturated rings. The summed E-state index contributed by atoms with van der Waals surface area (Å²) in [7, 11) is 0. The number of nitrogens with zero attached hydrogens (tertiary/aromatic N) is 3. The van der Waals surface area contributed by atoms with Gasteiger partial charge < -0.3 is 0 Å². The minimum atomic E-state index is 0.137. The van der Waals surface area contributed by atoms with Crippen LogP contribution in [0.25, 0.3) is 10.2 Å². The molecule has 0 amide bonds. The Balaban J connectivity index is 1.52. The van der Waals surface area contributed by atoms with Crippen LogP contribution in [0.5, 0.6) is 0 Å². The number of hydrogen-bond donors (Lipinski definition) is 0. The van der Waals surface area contributed by atoms with Crippen molar-refractivity contribution < 1.29 is 0 Å². The lowest BCUT2D eigenvalue weighted by Gasteiger charge is -2.33. The van der Waals surface area contributed by atoms with Gasteiger partial charge in [0.05, 0.1) is 11.7 Å². The molecule has 0 saturated heterocycles. The molecule has 0 aliphatic heterocycles. The van der Waals surface area contributed by atoms with Crippen LogP contribution in [-0.2, 0) is 25.8 Å². The van der Waals surface area contributed by atoms with Gasteiger partial charge in [-0.2, -0.15) is 0 Å².